The van der Waals surface area contributed by atoms with Gasteiger partial charge in [0.1, 0.15) is 5.75 Å². The van der Waals surface area contributed by atoms with Gasteiger partial charge in [0.25, 0.3) is 15.9 Å². The lowest BCUT2D eigenvalue weighted by molar-refractivity contribution is -0.122. The third-order valence-corrected chi connectivity index (χ3v) is 5.54. The number of carbonyl (C=O) groups excluding carboxylic acids is 1. The molecule has 168 valence electrons. The van der Waals surface area contributed by atoms with Crippen LogP contribution in [-0.4, -0.2) is 44.6 Å². The van der Waals surface area contributed by atoms with Crippen LogP contribution in [0, 0.1) is 0 Å². The monoisotopic (exact) mass is 458 g/mol. The number of benzene rings is 2. The third-order valence-electron chi connectivity index (χ3n) is 4.17. The first-order valence-corrected chi connectivity index (χ1v) is 10.9. The van der Waals surface area contributed by atoms with Gasteiger partial charge in [-0.05, 0) is 43.3 Å². The third kappa shape index (κ3) is 5.85. The predicted octanol–water partition coefficient (Wildman–Crippen LogP) is 2.70. The fourth-order valence-electron chi connectivity index (χ4n) is 2.57. The summed E-state index contributed by atoms with van der Waals surface area (Å²) in [6.45, 7) is 1.62. The van der Waals surface area contributed by atoms with Gasteiger partial charge in [-0.3, -0.25) is 9.52 Å². The minimum atomic E-state index is -3.95. The number of carbonyl (C=O) groups is 1. The Morgan fingerprint density at radius 2 is 1.66 bits per heavy atom. The summed E-state index contributed by atoms with van der Waals surface area (Å²) in [5, 5.41) is 2.69. The minimum absolute atomic E-state index is 0.0158. The number of nitrogens with zero attached hydrogens (tertiary/aromatic N) is 2. The van der Waals surface area contributed by atoms with E-state index in [4.69, 9.17) is 14.2 Å². The van der Waals surface area contributed by atoms with E-state index >= 15 is 0 Å². The molecule has 11 heteroatoms. The average Bonchev–Trinajstić information content (AvgIpc) is 2.79. The Balaban J connectivity index is 1.67. The minimum Gasteiger partial charge on any atom is -0.481 e. The molecule has 0 aliphatic rings. The number of sulfonamides is 1. The fraction of sp³-hybridized carbons (Fsp3) is 0.190. The zero-order valence-electron chi connectivity index (χ0n) is 17.6. The average molecular weight is 458 g/mol. The van der Waals surface area contributed by atoms with Gasteiger partial charge >= 0.3 is 6.01 Å². The number of anilines is 2. The molecule has 3 aromatic rings. The van der Waals surface area contributed by atoms with E-state index in [9.17, 15) is 13.2 Å². The van der Waals surface area contributed by atoms with Crippen LogP contribution in [0.25, 0.3) is 0 Å². The molecule has 0 saturated heterocycles. The molecule has 1 amide bonds. The van der Waals surface area contributed by atoms with Crippen LogP contribution in [0.2, 0.25) is 0 Å². The first kappa shape index (κ1) is 22.8. The number of methoxy groups -OCH3 is 2. The molecular formula is C21H22N4O6S. The lowest BCUT2D eigenvalue weighted by Gasteiger charge is -2.15. The van der Waals surface area contributed by atoms with E-state index in [0.29, 0.717) is 11.4 Å². The Labute approximate surface area is 185 Å². The molecule has 0 aliphatic carbocycles. The van der Waals surface area contributed by atoms with Crippen molar-refractivity contribution < 1.29 is 27.4 Å². The molecule has 0 radical (unpaired) electrons. The van der Waals surface area contributed by atoms with Gasteiger partial charge in [-0.15, -0.1) is 0 Å². The highest BCUT2D eigenvalue weighted by Crippen LogP contribution is 2.22. The van der Waals surface area contributed by atoms with Crippen molar-refractivity contribution in [1.82, 2.24) is 9.97 Å². The largest absolute Gasteiger partial charge is 0.481 e. The van der Waals surface area contributed by atoms with Crippen LogP contribution in [0.3, 0.4) is 0 Å². The Kier molecular flexibility index (Phi) is 7.11. The molecule has 0 bridgehead atoms. The molecule has 2 aromatic carbocycles. The molecule has 2 N–H and O–H groups in total. The Morgan fingerprint density at radius 3 is 2.28 bits per heavy atom. The summed E-state index contributed by atoms with van der Waals surface area (Å²) in [4.78, 5) is 20.2. The SMILES string of the molecule is COc1cc(NS(=O)(=O)c2ccc(NC(=O)C(C)Oc3ccccc3)cc2)nc(OC)n1. The molecule has 1 aromatic heterocycles. The van der Waals surface area contributed by atoms with Crippen molar-refractivity contribution in [3.8, 4) is 17.6 Å². The van der Waals surface area contributed by atoms with Crippen LogP contribution < -0.4 is 24.2 Å². The van der Waals surface area contributed by atoms with Crippen LogP contribution >= 0.6 is 0 Å². The van der Waals surface area contributed by atoms with Gasteiger partial charge < -0.3 is 19.5 Å². The lowest BCUT2D eigenvalue weighted by atomic mass is 10.3. The highest BCUT2D eigenvalue weighted by Gasteiger charge is 2.18. The summed E-state index contributed by atoms with van der Waals surface area (Å²) in [5.74, 6) is 0.320. The smallest absolute Gasteiger partial charge is 0.321 e. The highest BCUT2D eigenvalue weighted by molar-refractivity contribution is 7.92. The number of hydrogen-bond acceptors (Lipinski definition) is 8. The molecule has 1 atom stereocenters. The van der Waals surface area contributed by atoms with Crippen molar-refractivity contribution in [1.29, 1.82) is 0 Å². The van der Waals surface area contributed by atoms with Crippen molar-refractivity contribution in [3.63, 3.8) is 0 Å². The van der Waals surface area contributed by atoms with Crippen molar-refractivity contribution in [2.24, 2.45) is 0 Å². The maximum atomic E-state index is 12.7. The summed E-state index contributed by atoms with van der Waals surface area (Å²) < 4.78 is 43.2. The fourth-order valence-corrected chi connectivity index (χ4v) is 3.56. The van der Waals surface area contributed by atoms with Gasteiger partial charge in [-0.2, -0.15) is 9.97 Å². The molecule has 1 unspecified atom stereocenters. The zero-order valence-corrected chi connectivity index (χ0v) is 18.4. The first-order chi connectivity index (χ1) is 15.3. The lowest BCUT2D eigenvalue weighted by Crippen LogP contribution is -2.30. The molecule has 3 rings (SSSR count). The van der Waals surface area contributed by atoms with E-state index < -0.39 is 16.1 Å². The number of para-hydroxylation sites is 1. The van der Waals surface area contributed by atoms with Crippen molar-refractivity contribution in [3.05, 3.63) is 60.7 Å². The standard InChI is InChI=1S/C21H22N4O6S/c1-14(31-16-7-5-4-6-8-16)20(26)22-15-9-11-17(12-10-15)32(27,28)25-18-13-19(29-2)24-21(23-18)30-3/h4-14H,1-3H3,(H,22,26)(H,23,24,25). The van der Waals surface area contributed by atoms with E-state index in [-0.39, 0.29) is 28.5 Å². The number of hydrogen-bond donors (Lipinski definition) is 2. The van der Waals surface area contributed by atoms with E-state index in [1.54, 1.807) is 31.2 Å². The van der Waals surface area contributed by atoms with Crippen molar-refractivity contribution in [2.75, 3.05) is 24.3 Å². The van der Waals surface area contributed by atoms with Crippen molar-refractivity contribution in [2.45, 2.75) is 17.9 Å². The van der Waals surface area contributed by atoms with Crippen LogP contribution in [0.4, 0.5) is 11.5 Å². The summed E-state index contributed by atoms with van der Waals surface area (Å²) in [6.07, 6.45) is -0.745. The van der Waals surface area contributed by atoms with E-state index in [1.165, 1.54) is 44.6 Å². The Hall–Kier alpha value is -3.86. The molecule has 0 fully saturated rings. The predicted molar refractivity (Wildman–Crippen MR) is 118 cm³/mol. The molecular weight excluding hydrogens is 436 g/mol. The topological polar surface area (TPSA) is 129 Å². The Morgan fingerprint density at radius 1 is 0.969 bits per heavy atom. The maximum absolute atomic E-state index is 12.7. The van der Waals surface area contributed by atoms with Gasteiger partial charge in [-0.1, -0.05) is 18.2 Å². The number of amides is 1. The molecule has 10 nitrogen and oxygen atoms in total. The number of rotatable bonds is 9. The van der Waals surface area contributed by atoms with Gasteiger partial charge in [0, 0.05) is 11.8 Å². The molecule has 1 heterocycles. The van der Waals surface area contributed by atoms with Gasteiger partial charge in [-0.25, -0.2) is 8.42 Å². The number of nitrogens with one attached hydrogen (secondary N) is 2. The molecule has 0 aliphatic heterocycles. The maximum Gasteiger partial charge on any atom is 0.321 e. The van der Waals surface area contributed by atoms with Crippen LogP contribution in [0.15, 0.2) is 65.6 Å². The molecule has 0 spiro atoms. The van der Waals surface area contributed by atoms with Crippen molar-refractivity contribution >= 4 is 27.4 Å². The molecule has 32 heavy (non-hydrogen) atoms. The quantitative estimate of drug-likeness (QED) is 0.501. The van der Waals surface area contributed by atoms with Gasteiger partial charge in [0.05, 0.1) is 19.1 Å². The summed E-state index contributed by atoms with van der Waals surface area (Å²) >= 11 is 0. The van der Waals surface area contributed by atoms with Crippen LogP contribution in [-0.2, 0) is 14.8 Å². The summed E-state index contributed by atoms with van der Waals surface area (Å²) in [6, 6.07) is 15.9. The highest BCUT2D eigenvalue weighted by atomic mass is 32.2. The normalized spacial score (nSPS) is 11.8. The van der Waals surface area contributed by atoms with E-state index in [2.05, 4.69) is 20.0 Å². The summed E-state index contributed by atoms with van der Waals surface area (Å²) in [5.41, 5.74) is 0.419. The second-order valence-corrected chi connectivity index (χ2v) is 8.16. The van der Waals surface area contributed by atoms with Gasteiger partial charge in [0.2, 0.25) is 5.88 Å². The van der Waals surface area contributed by atoms with Gasteiger partial charge in [0.15, 0.2) is 11.9 Å². The second-order valence-electron chi connectivity index (χ2n) is 6.47. The summed E-state index contributed by atoms with van der Waals surface area (Å²) in [7, 11) is -1.21. The Bertz CT molecular complexity index is 1150. The van der Waals surface area contributed by atoms with E-state index in [1.807, 2.05) is 6.07 Å². The van der Waals surface area contributed by atoms with Crippen LogP contribution in [0.5, 0.6) is 17.6 Å². The second kappa shape index (κ2) is 9.96. The molecule has 0 saturated carbocycles. The number of aromatic nitrogens is 2. The first-order valence-electron chi connectivity index (χ1n) is 9.43. The number of ether oxygens (including phenoxy) is 3. The zero-order chi connectivity index (χ0) is 23.1. The van der Waals surface area contributed by atoms with Crippen LogP contribution in [0.1, 0.15) is 6.92 Å². The van der Waals surface area contributed by atoms with E-state index in [0.717, 1.165) is 0 Å².